The first-order chi connectivity index (χ1) is 10.7. The zero-order chi connectivity index (χ0) is 15.9. The Kier molecular flexibility index (Phi) is 5.91. The minimum absolute atomic E-state index is 0.399. The van der Waals surface area contributed by atoms with E-state index >= 15 is 0 Å². The number of ether oxygens (including phenoxy) is 2. The summed E-state index contributed by atoms with van der Waals surface area (Å²) in [6.45, 7) is 6.49. The number of nitrogens with one attached hydrogen (secondary N) is 1. The number of H-pyrrole nitrogens is 1. The van der Waals surface area contributed by atoms with Crippen molar-refractivity contribution >= 4 is 34.4 Å². The summed E-state index contributed by atoms with van der Waals surface area (Å²) in [6.07, 6.45) is 4.84. The molecule has 0 bridgehead atoms. The molecule has 0 fully saturated rings. The highest BCUT2D eigenvalue weighted by molar-refractivity contribution is 9.10. The number of aromatic amines is 1. The minimum atomic E-state index is 0.399. The van der Waals surface area contributed by atoms with Gasteiger partial charge in [0.2, 0.25) is 4.77 Å². The average molecular weight is 383 g/mol. The zero-order valence-corrected chi connectivity index (χ0v) is 14.4. The molecule has 0 aliphatic carbocycles. The summed E-state index contributed by atoms with van der Waals surface area (Å²) in [6, 6.07) is 3.73. The molecule has 0 unspecified atom stereocenters. The monoisotopic (exact) mass is 382 g/mol. The molecule has 1 heterocycles. The first kappa shape index (κ1) is 16.4. The maximum absolute atomic E-state index is 5.62. The number of aromatic nitrogens is 3. The van der Waals surface area contributed by atoms with Crippen LogP contribution >= 0.6 is 28.1 Å². The van der Waals surface area contributed by atoms with Gasteiger partial charge in [-0.15, -0.1) is 0 Å². The lowest BCUT2D eigenvalue weighted by atomic mass is 10.2. The van der Waals surface area contributed by atoms with Gasteiger partial charge in [0.05, 0.1) is 17.3 Å². The Hall–Kier alpha value is -1.93. The summed E-state index contributed by atoms with van der Waals surface area (Å²) in [7, 11) is 0. The molecule has 8 heteroatoms. The van der Waals surface area contributed by atoms with Gasteiger partial charge < -0.3 is 9.47 Å². The molecule has 1 aromatic heterocycles. The number of halogens is 1. The van der Waals surface area contributed by atoms with Crippen LogP contribution in [0.1, 0.15) is 12.5 Å². The second-order valence-electron chi connectivity index (χ2n) is 4.11. The van der Waals surface area contributed by atoms with Crippen molar-refractivity contribution in [2.75, 3.05) is 13.2 Å². The summed E-state index contributed by atoms with van der Waals surface area (Å²) >= 11 is 8.51. The lowest BCUT2D eigenvalue weighted by molar-refractivity contribution is 0.295. The van der Waals surface area contributed by atoms with Gasteiger partial charge in [-0.25, -0.2) is 0 Å². The van der Waals surface area contributed by atoms with Crippen LogP contribution < -0.4 is 9.47 Å². The van der Waals surface area contributed by atoms with E-state index < -0.39 is 0 Å². The second-order valence-corrected chi connectivity index (χ2v) is 5.35. The second kappa shape index (κ2) is 7.90. The van der Waals surface area contributed by atoms with E-state index in [1.807, 2.05) is 19.1 Å². The lowest BCUT2D eigenvalue weighted by Crippen LogP contribution is -2.01. The Morgan fingerprint density at radius 2 is 2.32 bits per heavy atom. The number of nitrogens with zero attached hydrogens (tertiary/aromatic N) is 3. The van der Waals surface area contributed by atoms with E-state index in [1.54, 1.807) is 12.3 Å². The van der Waals surface area contributed by atoms with Crippen LogP contribution in [0.3, 0.4) is 0 Å². The third-order valence-electron chi connectivity index (χ3n) is 2.54. The Morgan fingerprint density at radius 1 is 1.50 bits per heavy atom. The van der Waals surface area contributed by atoms with Crippen LogP contribution in [0.4, 0.5) is 0 Å². The van der Waals surface area contributed by atoms with E-state index in [4.69, 9.17) is 21.7 Å². The Balaban J connectivity index is 2.33. The summed E-state index contributed by atoms with van der Waals surface area (Å²) in [5.41, 5.74) is 0.837. The predicted octanol–water partition coefficient (Wildman–Crippen LogP) is 3.55. The fraction of sp³-hybridized carbons (Fsp3) is 0.214. The van der Waals surface area contributed by atoms with Gasteiger partial charge in [-0.2, -0.15) is 14.9 Å². The molecule has 6 nitrogen and oxygen atoms in total. The van der Waals surface area contributed by atoms with Gasteiger partial charge in [-0.1, -0.05) is 12.7 Å². The van der Waals surface area contributed by atoms with E-state index in [-0.39, 0.29) is 0 Å². The molecule has 2 aromatic rings. The van der Waals surface area contributed by atoms with E-state index in [0.717, 1.165) is 10.0 Å². The van der Waals surface area contributed by atoms with Crippen LogP contribution in [0.5, 0.6) is 11.5 Å². The highest BCUT2D eigenvalue weighted by Gasteiger charge is 2.11. The quantitative estimate of drug-likeness (QED) is 0.451. The van der Waals surface area contributed by atoms with E-state index in [9.17, 15) is 0 Å². The van der Waals surface area contributed by atoms with E-state index in [2.05, 4.69) is 37.8 Å². The molecule has 22 heavy (non-hydrogen) atoms. The normalized spacial score (nSPS) is 10.8. The minimum Gasteiger partial charge on any atom is -0.490 e. The summed E-state index contributed by atoms with van der Waals surface area (Å²) in [4.78, 5) is 0. The van der Waals surface area contributed by atoms with Crippen molar-refractivity contribution in [2.45, 2.75) is 6.92 Å². The van der Waals surface area contributed by atoms with Crippen molar-refractivity contribution in [3.8, 4) is 11.5 Å². The molecule has 0 saturated heterocycles. The number of benzene rings is 1. The van der Waals surface area contributed by atoms with Crippen LogP contribution in [-0.2, 0) is 0 Å². The van der Waals surface area contributed by atoms with Gasteiger partial charge in [-0.3, -0.25) is 5.10 Å². The zero-order valence-electron chi connectivity index (χ0n) is 12.0. The average Bonchev–Trinajstić information content (AvgIpc) is 2.90. The van der Waals surface area contributed by atoms with Crippen LogP contribution in [-0.4, -0.2) is 34.3 Å². The molecule has 0 radical (unpaired) electrons. The first-order valence-electron chi connectivity index (χ1n) is 6.52. The third-order valence-corrected chi connectivity index (χ3v) is 3.41. The highest BCUT2D eigenvalue weighted by Crippen LogP contribution is 2.36. The third kappa shape index (κ3) is 4.05. The molecule has 0 aliphatic heterocycles. The van der Waals surface area contributed by atoms with Gasteiger partial charge >= 0.3 is 0 Å². The van der Waals surface area contributed by atoms with Gasteiger partial charge in [0.1, 0.15) is 12.9 Å². The molecule has 0 amide bonds. The van der Waals surface area contributed by atoms with Crippen molar-refractivity contribution in [3.63, 3.8) is 0 Å². The Morgan fingerprint density at radius 3 is 2.95 bits per heavy atom. The van der Waals surface area contributed by atoms with Crippen molar-refractivity contribution in [1.29, 1.82) is 0 Å². The molecule has 1 N–H and O–H groups in total. The molecule has 2 rings (SSSR count). The standard InChI is InChI=1S/C14H15BrN4O2S/c1-3-5-21-13-11(15)6-10(7-12(13)20-4-2)8-17-19-9-16-18-14(19)22/h3,6-9H,1,4-5H2,2H3,(H,18,22)/b17-8-. The maximum Gasteiger partial charge on any atom is 0.216 e. The van der Waals surface area contributed by atoms with Crippen LogP contribution in [0.25, 0.3) is 0 Å². The van der Waals surface area contributed by atoms with Crippen LogP contribution in [0, 0.1) is 4.77 Å². The fourth-order valence-corrected chi connectivity index (χ4v) is 2.38. The summed E-state index contributed by atoms with van der Waals surface area (Å²) in [5.74, 6) is 1.27. The molecule has 116 valence electrons. The Bertz CT molecular complexity index is 739. The topological polar surface area (TPSA) is 64.4 Å². The van der Waals surface area contributed by atoms with E-state index in [1.165, 1.54) is 11.0 Å². The van der Waals surface area contributed by atoms with Crippen molar-refractivity contribution in [3.05, 3.63) is 45.9 Å². The molecular formula is C14H15BrN4O2S. The summed E-state index contributed by atoms with van der Waals surface area (Å²) < 4.78 is 13.9. The number of rotatable bonds is 7. The SMILES string of the molecule is C=CCOc1c(Br)cc(/C=N\n2cn[nH]c2=S)cc1OCC. The number of hydrogen-bond acceptors (Lipinski definition) is 5. The van der Waals surface area contributed by atoms with Gasteiger partial charge in [-0.05, 0) is 52.8 Å². The Labute approximate surface area is 141 Å². The molecule has 0 atom stereocenters. The lowest BCUT2D eigenvalue weighted by Gasteiger charge is -2.13. The van der Waals surface area contributed by atoms with E-state index in [0.29, 0.717) is 29.5 Å². The van der Waals surface area contributed by atoms with Crippen LogP contribution in [0.2, 0.25) is 0 Å². The van der Waals surface area contributed by atoms with Crippen LogP contribution in [0.15, 0.2) is 40.7 Å². The first-order valence-corrected chi connectivity index (χ1v) is 7.72. The van der Waals surface area contributed by atoms with Crippen molar-refractivity contribution < 1.29 is 9.47 Å². The summed E-state index contributed by atoms with van der Waals surface area (Å²) in [5, 5.41) is 10.7. The van der Waals surface area contributed by atoms with Gasteiger partial charge in [0.15, 0.2) is 11.5 Å². The molecular weight excluding hydrogens is 368 g/mol. The highest BCUT2D eigenvalue weighted by atomic mass is 79.9. The molecule has 0 spiro atoms. The molecule has 0 aliphatic rings. The van der Waals surface area contributed by atoms with Gasteiger partial charge in [0.25, 0.3) is 0 Å². The largest absolute Gasteiger partial charge is 0.490 e. The van der Waals surface area contributed by atoms with Crippen molar-refractivity contribution in [1.82, 2.24) is 14.9 Å². The fourth-order valence-electron chi connectivity index (χ4n) is 1.66. The predicted molar refractivity (Wildman–Crippen MR) is 91.4 cm³/mol. The smallest absolute Gasteiger partial charge is 0.216 e. The van der Waals surface area contributed by atoms with Gasteiger partial charge in [0, 0.05) is 0 Å². The molecule has 1 aromatic carbocycles. The maximum atomic E-state index is 5.62. The van der Waals surface area contributed by atoms with Crippen molar-refractivity contribution in [2.24, 2.45) is 5.10 Å². The number of hydrogen-bond donors (Lipinski definition) is 1. The molecule has 0 saturated carbocycles.